The van der Waals surface area contributed by atoms with E-state index in [4.69, 9.17) is 4.74 Å². The average molecular weight is 257 g/mol. The summed E-state index contributed by atoms with van der Waals surface area (Å²) in [7, 11) is 0. The summed E-state index contributed by atoms with van der Waals surface area (Å²) in [6.45, 7) is 9.51. The van der Waals surface area contributed by atoms with Crippen LogP contribution in [0.4, 0.5) is 4.79 Å². The first-order chi connectivity index (χ1) is 8.22. The Morgan fingerprint density at radius 3 is 2.28 bits per heavy atom. The lowest BCUT2D eigenvalue weighted by molar-refractivity contribution is -0.0264. The molecule has 1 aliphatic rings. The highest BCUT2D eigenvalue weighted by atomic mass is 16.6. The van der Waals surface area contributed by atoms with E-state index in [0.717, 1.165) is 25.7 Å². The molecule has 0 aromatic carbocycles. The quantitative estimate of drug-likeness (QED) is 0.827. The number of aliphatic hydroxyl groups is 1. The van der Waals surface area contributed by atoms with E-state index in [1.54, 1.807) is 4.90 Å². The van der Waals surface area contributed by atoms with E-state index < -0.39 is 11.7 Å². The molecule has 106 valence electrons. The van der Waals surface area contributed by atoms with Crippen molar-refractivity contribution < 1.29 is 14.6 Å². The zero-order chi connectivity index (χ0) is 13.9. The van der Waals surface area contributed by atoms with Crippen LogP contribution in [0, 0.1) is 0 Å². The molecule has 4 heteroatoms. The smallest absolute Gasteiger partial charge is 0.410 e. The summed E-state index contributed by atoms with van der Waals surface area (Å²) in [5.74, 6) is 0. The first-order valence-electron chi connectivity index (χ1n) is 6.92. The normalized spacial score (nSPS) is 25.1. The molecule has 0 bridgehead atoms. The van der Waals surface area contributed by atoms with Crippen LogP contribution in [0.2, 0.25) is 0 Å². The van der Waals surface area contributed by atoms with E-state index >= 15 is 0 Å². The van der Waals surface area contributed by atoms with Crippen LogP contribution in [0.5, 0.6) is 0 Å². The third-order valence-corrected chi connectivity index (χ3v) is 3.21. The van der Waals surface area contributed by atoms with E-state index in [-0.39, 0.29) is 18.2 Å². The molecule has 1 fully saturated rings. The Hall–Kier alpha value is -0.770. The van der Waals surface area contributed by atoms with Crippen molar-refractivity contribution in [1.29, 1.82) is 0 Å². The number of ether oxygens (including phenoxy) is 1. The maximum atomic E-state index is 12.2. The van der Waals surface area contributed by atoms with Crippen molar-refractivity contribution >= 4 is 6.09 Å². The van der Waals surface area contributed by atoms with Gasteiger partial charge in [-0.3, -0.25) is 0 Å². The van der Waals surface area contributed by atoms with Crippen LogP contribution in [-0.2, 0) is 4.74 Å². The third-order valence-electron chi connectivity index (χ3n) is 3.21. The molecule has 2 unspecified atom stereocenters. The Labute approximate surface area is 110 Å². The fourth-order valence-corrected chi connectivity index (χ4v) is 2.46. The van der Waals surface area contributed by atoms with Crippen molar-refractivity contribution in [3.8, 4) is 0 Å². The van der Waals surface area contributed by atoms with Gasteiger partial charge in [0.05, 0.1) is 12.1 Å². The molecule has 0 heterocycles. The van der Waals surface area contributed by atoms with E-state index in [9.17, 15) is 9.90 Å². The minimum Gasteiger partial charge on any atom is -0.444 e. The standard InChI is InChI=1S/C14H27NO3/c1-10(2)15(13(17)18-14(3,4)5)11-8-6-7-9-12(11)16/h10-12,16H,6-9H2,1-5H3. The van der Waals surface area contributed by atoms with Crippen molar-refractivity contribution in [3.05, 3.63) is 0 Å². The predicted molar refractivity (Wildman–Crippen MR) is 71.5 cm³/mol. The van der Waals surface area contributed by atoms with Crippen LogP contribution in [0.3, 0.4) is 0 Å². The van der Waals surface area contributed by atoms with Gasteiger partial charge in [-0.25, -0.2) is 4.79 Å². The zero-order valence-electron chi connectivity index (χ0n) is 12.3. The van der Waals surface area contributed by atoms with Crippen molar-refractivity contribution in [2.45, 2.75) is 84.1 Å². The van der Waals surface area contributed by atoms with E-state index in [2.05, 4.69) is 0 Å². The van der Waals surface area contributed by atoms with E-state index in [1.807, 2.05) is 34.6 Å². The topological polar surface area (TPSA) is 49.8 Å². The average Bonchev–Trinajstić information content (AvgIpc) is 2.17. The lowest BCUT2D eigenvalue weighted by atomic mass is 9.91. The number of nitrogens with zero attached hydrogens (tertiary/aromatic N) is 1. The van der Waals surface area contributed by atoms with Crippen LogP contribution in [0.25, 0.3) is 0 Å². The van der Waals surface area contributed by atoms with Crippen molar-refractivity contribution in [2.24, 2.45) is 0 Å². The Balaban J connectivity index is 2.78. The van der Waals surface area contributed by atoms with E-state index in [1.165, 1.54) is 0 Å². The number of carbonyl (C=O) groups excluding carboxylic acids is 1. The molecule has 18 heavy (non-hydrogen) atoms. The summed E-state index contributed by atoms with van der Waals surface area (Å²) >= 11 is 0. The molecule has 1 N–H and O–H groups in total. The van der Waals surface area contributed by atoms with Gasteiger partial charge in [0.25, 0.3) is 0 Å². The number of hydrogen-bond donors (Lipinski definition) is 1. The van der Waals surface area contributed by atoms with Gasteiger partial charge in [0.15, 0.2) is 0 Å². The third kappa shape index (κ3) is 4.16. The molecule has 1 amide bonds. The largest absolute Gasteiger partial charge is 0.444 e. The van der Waals surface area contributed by atoms with Gasteiger partial charge in [-0.15, -0.1) is 0 Å². The fraction of sp³-hybridized carbons (Fsp3) is 0.929. The number of amides is 1. The molecule has 4 nitrogen and oxygen atoms in total. The van der Waals surface area contributed by atoms with Crippen molar-refractivity contribution in [3.63, 3.8) is 0 Å². The first kappa shape index (κ1) is 15.3. The summed E-state index contributed by atoms with van der Waals surface area (Å²) in [6, 6.07) is -0.0637. The van der Waals surface area contributed by atoms with Gasteiger partial charge in [0.1, 0.15) is 5.60 Å². The van der Waals surface area contributed by atoms with Gasteiger partial charge in [0, 0.05) is 6.04 Å². The zero-order valence-corrected chi connectivity index (χ0v) is 12.3. The van der Waals surface area contributed by atoms with Gasteiger partial charge < -0.3 is 14.7 Å². The van der Waals surface area contributed by atoms with Crippen LogP contribution in [0.1, 0.15) is 60.3 Å². The number of rotatable bonds is 2. The number of aliphatic hydroxyl groups excluding tert-OH is 1. The Morgan fingerprint density at radius 2 is 1.83 bits per heavy atom. The Kier molecular flexibility index (Phi) is 5.02. The summed E-state index contributed by atoms with van der Waals surface area (Å²) in [5, 5.41) is 10.1. The molecule has 1 aliphatic carbocycles. The van der Waals surface area contributed by atoms with Gasteiger partial charge >= 0.3 is 6.09 Å². The van der Waals surface area contributed by atoms with Gasteiger partial charge in [-0.1, -0.05) is 12.8 Å². The summed E-state index contributed by atoms with van der Waals surface area (Å²) in [6.07, 6.45) is 3.00. The van der Waals surface area contributed by atoms with Crippen molar-refractivity contribution in [1.82, 2.24) is 4.90 Å². The molecule has 0 aromatic rings. The highest BCUT2D eigenvalue weighted by Gasteiger charge is 2.35. The van der Waals surface area contributed by atoms with Gasteiger partial charge in [-0.05, 0) is 47.5 Å². The molecule has 1 saturated carbocycles. The molecule has 0 spiro atoms. The molecule has 0 saturated heterocycles. The van der Waals surface area contributed by atoms with Crippen LogP contribution >= 0.6 is 0 Å². The molecule has 0 aliphatic heterocycles. The molecule has 0 aromatic heterocycles. The number of hydrogen-bond acceptors (Lipinski definition) is 3. The SMILES string of the molecule is CC(C)N(C(=O)OC(C)(C)C)C1CCCCC1O. The predicted octanol–water partition coefficient (Wildman–Crippen LogP) is 2.94. The Bertz CT molecular complexity index is 283. The second-order valence-corrected chi connectivity index (χ2v) is 6.40. The second-order valence-electron chi connectivity index (χ2n) is 6.40. The maximum absolute atomic E-state index is 12.2. The highest BCUT2D eigenvalue weighted by Crippen LogP contribution is 2.26. The van der Waals surface area contributed by atoms with Crippen LogP contribution < -0.4 is 0 Å². The molecule has 1 rings (SSSR count). The maximum Gasteiger partial charge on any atom is 0.410 e. The summed E-state index contributed by atoms with van der Waals surface area (Å²) in [4.78, 5) is 13.9. The monoisotopic (exact) mass is 257 g/mol. The van der Waals surface area contributed by atoms with Crippen LogP contribution in [-0.4, -0.2) is 39.9 Å². The lowest BCUT2D eigenvalue weighted by Crippen LogP contribution is -2.53. The van der Waals surface area contributed by atoms with E-state index in [0.29, 0.717) is 0 Å². The minimum atomic E-state index is -0.496. The van der Waals surface area contributed by atoms with Crippen molar-refractivity contribution in [2.75, 3.05) is 0 Å². The van der Waals surface area contributed by atoms with Gasteiger partial charge in [-0.2, -0.15) is 0 Å². The summed E-state index contributed by atoms with van der Waals surface area (Å²) < 4.78 is 5.44. The number of carbonyl (C=O) groups is 1. The molecular weight excluding hydrogens is 230 g/mol. The van der Waals surface area contributed by atoms with Gasteiger partial charge in [0.2, 0.25) is 0 Å². The Morgan fingerprint density at radius 1 is 1.28 bits per heavy atom. The van der Waals surface area contributed by atoms with Crippen LogP contribution in [0.15, 0.2) is 0 Å². The lowest BCUT2D eigenvalue weighted by Gasteiger charge is -2.40. The second kappa shape index (κ2) is 5.91. The summed E-state index contributed by atoms with van der Waals surface area (Å²) in [5.41, 5.74) is -0.496. The molecular formula is C14H27NO3. The first-order valence-corrected chi connectivity index (χ1v) is 6.92. The highest BCUT2D eigenvalue weighted by molar-refractivity contribution is 5.69. The minimum absolute atomic E-state index is 0.0394. The molecule has 0 radical (unpaired) electrons. The fourth-order valence-electron chi connectivity index (χ4n) is 2.46. The molecule has 2 atom stereocenters.